The van der Waals surface area contributed by atoms with Gasteiger partial charge in [-0.15, -0.1) is 34.0 Å². The Morgan fingerprint density at radius 1 is 0.435 bits per heavy atom. The van der Waals surface area contributed by atoms with Crippen LogP contribution in [-0.2, 0) is 0 Å². The van der Waals surface area contributed by atoms with Gasteiger partial charge in [0, 0.05) is 9.75 Å². The highest BCUT2D eigenvalue weighted by atomic mass is 32.1. The van der Waals surface area contributed by atoms with Crippen LogP contribution in [-0.4, -0.2) is 0 Å². The second kappa shape index (κ2) is 6.16. The van der Waals surface area contributed by atoms with Crippen LogP contribution in [0.3, 0.4) is 0 Å². The lowest BCUT2D eigenvalue weighted by molar-refractivity contribution is 0.816. The highest BCUT2D eigenvalue weighted by Gasteiger charge is 2.26. The molecule has 0 aromatic carbocycles. The van der Waals surface area contributed by atoms with Gasteiger partial charge in [-0.25, -0.2) is 0 Å². The molecule has 126 valence electrons. The Hall–Kier alpha value is -0.380. The Labute approximate surface area is 152 Å². The van der Waals surface area contributed by atoms with Gasteiger partial charge in [0.25, 0.3) is 0 Å². The van der Waals surface area contributed by atoms with Gasteiger partial charge in [0.1, 0.15) is 0 Å². The maximum Gasteiger partial charge on any atom is 0.0635 e. The average Bonchev–Trinajstić information content (AvgIpc) is 3.03. The van der Waals surface area contributed by atoms with Crippen LogP contribution in [0.5, 0.6) is 0 Å². The number of hydrogen-bond donors (Lipinski definition) is 0. The summed E-state index contributed by atoms with van der Waals surface area (Å²) in [6, 6.07) is 0. The van der Waals surface area contributed by atoms with Crippen LogP contribution < -0.4 is 0 Å². The fraction of sp³-hybridized carbons (Fsp3) is 0.600. The minimum atomic E-state index is 0.612. The van der Waals surface area contributed by atoms with Crippen LogP contribution >= 0.6 is 34.0 Å². The normalized spacial score (nSPS) is 13.0. The van der Waals surface area contributed by atoms with E-state index in [0.717, 1.165) is 0 Å². The van der Waals surface area contributed by atoms with Crippen molar-refractivity contribution < 1.29 is 0 Å². The standard InChI is InChI=1S/C20H28S3/c1-9(2)13-15(11(5)6)21-19-17(13)23-18-14(10(3)4)16(12(7)8)22-20(18)19/h9-12H,1-8H3. The fourth-order valence-electron chi connectivity index (χ4n) is 3.45. The van der Waals surface area contributed by atoms with Gasteiger partial charge >= 0.3 is 0 Å². The van der Waals surface area contributed by atoms with Crippen LogP contribution in [0.4, 0.5) is 0 Å². The van der Waals surface area contributed by atoms with E-state index < -0.39 is 0 Å². The van der Waals surface area contributed by atoms with Crippen molar-refractivity contribution in [2.45, 2.75) is 79.1 Å². The Morgan fingerprint density at radius 2 is 0.783 bits per heavy atom. The minimum Gasteiger partial charge on any atom is -0.137 e. The maximum absolute atomic E-state index is 2.35. The third-order valence-corrected chi connectivity index (χ3v) is 9.16. The molecule has 3 aromatic heterocycles. The quantitative estimate of drug-likeness (QED) is 0.434. The first kappa shape index (κ1) is 17.4. The third kappa shape index (κ3) is 2.69. The summed E-state index contributed by atoms with van der Waals surface area (Å²) in [5, 5.41) is 0. The van der Waals surface area contributed by atoms with Crippen LogP contribution in [0.25, 0.3) is 18.8 Å². The molecular formula is C20H28S3. The molecule has 0 nitrogen and oxygen atoms in total. The second-order valence-electron chi connectivity index (χ2n) is 7.80. The average molecular weight is 365 g/mol. The first-order chi connectivity index (χ1) is 10.7. The number of fused-ring (bicyclic) bond motifs is 3. The zero-order chi connectivity index (χ0) is 17.0. The van der Waals surface area contributed by atoms with E-state index in [1.54, 1.807) is 39.7 Å². The largest absolute Gasteiger partial charge is 0.137 e. The van der Waals surface area contributed by atoms with E-state index in [1.165, 1.54) is 0 Å². The maximum atomic E-state index is 2.35. The van der Waals surface area contributed by atoms with Crippen molar-refractivity contribution in [2.24, 2.45) is 0 Å². The van der Waals surface area contributed by atoms with Crippen molar-refractivity contribution >= 4 is 52.8 Å². The van der Waals surface area contributed by atoms with Gasteiger partial charge in [-0.1, -0.05) is 55.4 Å². The molecule has 0 spiro atoms. The number of rotatable bonds is 4. The molecule has 3 aromatic rings. The lowest BCUT2D eigenvalue weighted by Gasteiger charge is -2.11. The molecule has 0 N–H and O–H groups in total. The molecule has 0 unspecified atom stereocenters. The Balaban J connectivity index is 2.39. The summed E-state index contributed by atoms with van der Waals surface area (Å²) in [5.41, 5.74) is 3.24. The molecule has 23 heavy (non-hydrogen) atoms. The monoisotopic (exact) mass is 364 g/mol. The molecule has 0 aliphatic carbocycles. The molecular weight excluding hydrogens is 336 g/mol. The topological polar surface area (TPSA) is 0 Å². The van der Waals surface area contributed by atoms with Crippen LogP contribution in [0.1, 0.15) is 99.9 Å². The molecule has 0 atom stereocenters. The van der Waals surface area contributed by atoms with Gasteiger partial charge in [-0.2, -0.15) is 0 Å². The molecule has 0 aliphatic heterocycles. The molecule has 0 radical (unpaired) electrons. The first-order valence-electron chi connectivity index (χ1n) is 8.75. The number of hydrogen-bond acceptors (Lipinski definition) is 3. The van der Waals surface area contributed by atoms with E-state index >= 15 is 0 Å². The predicted molar refractivity (Wildman–Crippen MR) is 111 cm³/mol. The summed E-state index contributed by atoms with van der Waals surface area (Å²) in [6.07, 6.45) is 0. The predicted octanol–water partition coefficient (Wildman–Crippen LogP) is 8.67. The van der Waals surface area contributed by atoms with E-state index in [4.69, 9.17) is 0 Å². The van der Waals surface area contributed by atoms with Crippen molar-refractivity contribution in [1.29, 1.82) is 0 Å². The molecule has 0 saturated carbocycles. The third-order valence-electron chi connectivity index (χ3n) is 4.47. The minimum absolute atomic E-state index is 0.612. The smallest absolute Gasteiger partial charge is 0.0635 e. The highest BCUT2D eigenvalue weighted by molar-refractivity contribution is 7.39. The van der Waals surface area contributed by atoms with Crippen LogP contribution in [0.2, 0.25) is 0 Å². The number of thiophene rings is 3. The van der Waals surface area contributed by atoms with E-state index in [9.17, 15) is 0 Å². The molecule has 0 aliphatic rings. The van der Waals surface area contributed by atoms with Gasteiger partial charge in [0.05, 0.1) is 18.8 Å². The van der Waals surface area contributed by atoms with E-state index in [-0.39, 0.29) is 0 Å². The molecule has 0 amide bonds. The summed E-state index contributed by atoms with van der Waals surface area (Å²) in [4.78, 5) is 3.21. The second-order valence-corrected chi connectivity index (χ2v) is 10.9. The molecule has 3 heterocycles. The SMILES string of the molecule is CC(C)c1sc2c(sc3c(C(C)C)c(C(C)C)sc32)c1C(C)C. The summed E-state index contributed by atoms with van der Waals surface area (Å²) < 4.78 is 6.28. The Kier molecular flexibility index (Phi) is 4.67. The highest BCUT2D eigenvalue weighted by Crippen LogP contribution is 2.53. The molecule has 3 heteroatoms. The van der Waals surface area contributed by atoms with Gasteiger partial charge in [-0.3, -0.25) is 0 Å². The van der Waals surface area contributed by atoms with Crippen molar-refractivity contribution in [2.75, 3.05) is 0 Å². The molecule has 0 bridgehead atoms. The van der Waals surface area contributed by atoms with Crippen molar-refractivity contribution in [3.05, 3.63) is 20.9 Å². The summed E-state index contributed by atoms with van der Waals surface area (Å²) >= 11 is 6.19. The lowest BCUT2D eigenvalue weighted by atomic mass is 9.98. The summed E-state index contributed by atoms with van der Waals surface area (Å²) in [7, 11) is 0. The Bertz CT molecular complexity index is 768. The molecule has 3 rings (SSSR count). The van der Waals surface area contributed by atoms with Gasteiger partial charge in [-0.05, 0) is 34.8 Å². The van der Waals surface area contributed by atoms with Crippen LogP contribution in [0.15, 0.2) is 0 Å². The summed E-state index contributed by atoms with van der Waals surface area (Å²) in [6.45, 7) is 18.8. The van der Waals surface area contributed by atoms with Crippen molar-refractivity contribution in [3.63, 3.8) is 0 Å². The van der Waals surface area contributed by atoms with Crippen molar-refractivity contribution in [3.8, 4) is 0 Å². The van der Waals surface area contributed by atoms with Crippen molar-refractivity contribution in [1.82, 2.24) is 0 Å². The zero-order valence-corrected chi connectivity index (χ0v) is 18.0. The zero-order valence-electron chi connectivity index (χ0n) is 15.5. The molecule has 0 saturated heterocycles. The van der Waals surface area contributed by atoms with E-state index in [0.29, 0.717) is 23.7 Å². The van der Waals surface area contributed by atoms with Gasteiger partial charge < -0.3 is 0 Å². The molecule has 0 fully saturated rings. The van der Waals surface area contributed by atoms with E-state index in [2.05, 4.69) is 89.4 Å². The Morgan fingerprint density at radius 3 is 1.04 bits per heavy atom. The fourth-order valence-corrected chi connectivity index (χ4v) is 8.56. The van der Waals surface area contributed by atoms with Crippen LogP contribution in [0, 0.1) is 0 Å². The first-order valence-corrected chi connectivity index (χ1v) is 11.2. The summed E-state index contributed by atoms with van der Waals surface area (Å²) in [5.74, 6) is 2.48. The lowest BCUT2D eigenvalue weighted by Crippen LogP contribution is -1.93. The van der Waals surface area contributed by atoms with Gasteiger partial charge in [0.15, 0.2) is 0 Å². The van der Waals surface area contributed by atoms with E-state index in [1.807, 2.05) is 0 Å². The van der Waals surface area contributed by atoms with Gasteiger partial charge in [0.2, 0.25) is 0 Å².